The molecular weight excluding hydrogens is 454 g/mol. The second-order valence-electron chi connectivity index (χ2n) is 9.77. The first-order valence-corrected chi connectivity index (χ1v) is 11.3. The standard InChI is InChI=1S/C24H29F4N3O3/c1-22(21(33)34-15-16-3-5-17(6-4-16)24(26,27)28)7-9-23(2,10-8-22)30-13-20(32)31-14-18(25)11-19(31)12-29/h3-6,18-19,30H,7-11,13-15H2,1-2H3/t18-,19-,22?,23?/m0/s1. The van der Waals surface area contributed by atoms with Crippen molar-refractivity contribution in [2.24, 2.45) is 5.41 Å². The summed E-state index contributed by atoms with van der Waals surface area (Å²) in [4.78, 5) is 26.5. The molecule has 1 saturated carbocycles. The van der Waals surface area contributed by atoms with Crippen LogP contribution in [0.3, 0.4) is 0 Å². The van der Waals surface area contributed by atoms with Gasteiger partial charge in [0.25, 0.3) is 0 Å². The van der Waals surface area contributed by atoms with Crippen molar-refractivity contribution < 1.29 is 31.9 Å². The van der Waals surface area contributed by atoms with Crippen molar-refractivity contribution in [2.75, 3.05) is 13.1 Å². The second-order valence-corrected chi connectivity index (χ2v) is 9.77. The Morgan fingerprint density at radius 3 is 2.35 bits per heavy atom. The largest absolute Gasteiger partial charge is 0.460 e. The van der Waals surface area contributed by atoms with Gasteiger partial charge in [-0.15, -0.1) is 0 Å². The summed E-state index contributed by atoms with van der Waals surface area (Å²) in [7, 11) is 0. The number of halogens is 4. The molecule has 1 amide bonds. The highest BCUT2D eigenvalue weighted by molar-refractivity contribution is 5.79. The number of alkyl halides is 4. The molecule has 10 heteroatoms. The minimum Gasteiger partial charge on any atom is -0.460 e. The molecule has 186 valence electrons. The van der Waals surface area contributed by atoms with E-state index < -0.39 is 40.9 Å². The molecule has 34 heavy (non-hydrogen) atoms. The van der Waals surface area contributed by atoms with Crippen LogP contribution in [0.1, 0.15) is 57.1 Å². The summed E-state index contributed by atoms with van der Waals surface area (Å²) in [5.41, 5.74) is -1.43. The number of nitrogens with one attached hydrogen (secondary N) is 1. The van der Waals surface area contributed by atoms with E-state index in [1.807, 2.05) is 13.0 Å². The molecule has 6 nitrogen and oxygen atoms in total. The van der Waals surface area contributed by atoms with Crippen LogP contribution in [0.15, 0.2) is 24.3 Å². The molecule has 0 unspecified atom stereocenters. The lowest BCUT2D eigenvalue weighted by atomic mass is 9.69. The van der Waals surface area contributed by atoms with Gasteiger partial charge < -0.3 is 15.0 Å². The third kappa shape index (κ3) is 6.06. The van der Waals surface area contributed by atoms with Crippen molar-refractivity contribution in [1.82, 2.24) is 10.2 Å². The second kappa shape index (κ2) is 9.90. The molecule has 0 spiro atoms. The number of nitriles is 1. The van der Waals surface area contributed by atoms with Crippen molar-refractivity contribution in [3.8, 4) is 6.07 Å². The lowest BCUT2D eigenvalue weighted by molar-refractivity contribution is -0.159. The quantitative estimate of drug-likeness (QED) is 0.486. The topological polar surface area (TPSA) is 82.4 Å². The van der Waals surface area contributed by atoms with E-state index in [0.29, 0.717) is 31.2 Å². The van der Waals surface area contributed by atoms with Crippen LogP contribution in [0.5, 0.6) is 0 Å². The molecule has 2 atom stereocenters. The fraction of sp³-hybridized carbons (Fsp3) is 0.625. The van der Waals surface area contributed by atoms with E-state index >= 15 is 0 Å². The van der Waals surface area contributed by atoms with Gasteiger partial charge in [0.2, 0.25) is 5.91 Å². The molecule has 1 N–H and O–H groups in total. The highest BCUT2D eigenvalue weighted by Crippen LogP contribution is 2.41. The minimum atomic E-state index is -4.42. The fourth-order valence-corrected chi connectivity index (χ4v) is 4.42. The Hall–Kier alpha value is -2.67. The zero-order valence-electron chi connectivity index (χ0n) is 19.3. The summed E-state index contributed by atoms with van der Waals surface area (Å²) < 4.78 is 57.0. The Morgan fingerprint density at radius 1 is 1.18 bits per heavy atom. The van der Waals surface area contributed by atoms with Crippen molar-refractivity contribution in [3.63, 3.8) is 0 Å². The molecule has 3 rings (SSSR count). The number of nitrogens with zero attached hydrogens (tertiary/aromatic N) is 2. The number of amides is 1. The zero-order chi connectivity index (χ0) is 25.1. The molecule has 1 heterocycles. The Morgan fingerprint density at radius 2 is 1.79 bits per heavy atom. The molecule has 1 saturated heterocycles. The van der Waals surface area contributed by atoms with Crippen molar-refractivity contribution >= 4 is 11.9 Å². The molecule has 2 fully saturated rings. The van der Waals surface area contributed by atoms with Gasteiger partial charge in [0.05, 0.1) is 30.1 Å². The van der Waals surface area contributed by atoms with Crippen molar-refractivity contribution in [2.45, 2.75) is 76.5 Å². The SMILES string of the molecule is CC1(NCC(=O)N2C[C@@H](F)C[C@H]2C#N)CCC(C)(C(=O)OCc2ccc(C(F)(F)F)cc2)CC1. The maximum atomic E-state index is 13.6. The Balaban J connectivity index is 1.48. The fourth-order valence-electron chi connectivity index (χ4n) is 4.42. The third-order valence-corrected chi connectivity index (χ3v) is 6.99. The lowest BCUT2D eigenvalue weighted by Gasteiger charge is -2.42. The van der Waals surface area contributed by atoms with Gasteiger partial charge in [0, 0.05) is 12.0 Å². The molecule has 2 aliphatic rings. The highest BCUT2D eigenvalue weighted by atomic mass is 19.4. The molecular formula is C24H29F4N3O3. The van der Waals surface area contributed by atoms with Gasteiger partial charge in [-0.3, -0.25) is 9.59 Å². The van der Waals surface area contributed by atoms with E-state index in [4.69, 9.17) is 10.00 Å². The monoisotopic (exact) mass is 483 g/mol. The van der Waals surface area contributed by atoms with E-state index in [9.17, 15) is 27.2 Å². The predicted octanol–water partition coefficient (Wildman–Crippen LogP) is 4.14. The van der Waals surface area contributed by atoms with Gasteiger partial charge >= 0.3 is 12.1 Å². The van der Waals surface area contributed by atoms with Gasteiger partial charge in [-0.05, 0) is 57.2 Å². The maximum Gasteiger partial charge on any atom is 0.416 e. The van der Waals surface area contributed by atoms with Crippen LogP contribution in [-0.2, 0) is 27.1 Å². The number of rotatable bonds is 6. The normalized spacial score (nSPS) is 29.5. The molecule has 1 aliphatic heterocycles. The summed E-state index contributed by atoms with van der Waals surface area (Å²) in [6.07, 6.45) is -3.36. The average molecular weight is 484 g/mol. The molecule has 1 aromatic rings. The van der Waals surface area contributed by atoms with Crippen LogP contribution in [0.2, 0.25) is 0 Å². The smallest absolute Gasteiger partial charge is 0.416 e. The lowest BCUT2D eigenvalue weighted by Crippen LogP contribution is -2.52. The van der Waals surface area contributed by atoms with Crippen molar-refractivity contribution in [3.05, 3.63) is 35.4 Å². The molecule has 1 aromatic carbocycles. The number of ether oxygens (including phenoxy) is 1. The molecule has 0 aromatic heterocycles. The van der Waals surface area contributed by atoms with E-state index in [-0.39, 0.29) is 32.0 Å². The van der Waals surface area contributed by atoms with E-state index in [2.05, 4.69) is 5.32 Å². The number of hydrogen-bond donors (Lipinski definition) is 1. The Kier molecular flexibility index (Phi) is 7.56. The van der Waals surface area contributed by atoms with E-state index in [1.165, 1.54) is 17.0 Å². The number of carbonyl (C=O) groups is 2. The van der Waals surface area contributed by atoms with Crippen molar-refractivity contribution in [1.29, 1.82) is 5.26 Å². The number of benzene rings is 1. The number of carbonyl (C=O) groups excluding carboxylic acids is 2. The maximum absolute atomic E-state index is 13.6. The summed E-state index contributed by atoms with van der Waals surface area (Å²) >= 11 is 0. The van der Waals surface area contributed by atoms with Crippen LogP contribution >= 0.6 is 0 Å². The first kappa shape index (κ1) is 25.9. The van der Waals surface area contributed by atoms with Gasteiger partial charge in [-0.25, -0.2) is 4.39 Å². The van der Waals surface area contributed by atoms with E-state index in [1.54, 1.807) is 6.92 Å². The van der Waals surface area contributed by atoms with Gasteiger partial charge in [-0.1, -0.05) is 12.1 Å². The predicted molar refractivity (Wildman–Crippen MR) is 115 cm³/mol. The molecule has 0 radical (unpaired) electrons. The third-order valence-electron chi connectivity index (χ3n) is 6.99. The van der Waals surface area contributed by atoms with Crippen LogP contribution < -0.4 is 5.32 Å². The molecule has 1 aliphatic carbocycles. The number of hydrogen-bond acceptors (Lipinski definition) is 5. The van der Waals surface area contributed by atoms with Crippen LogP contribution in [0, 0.1) is 16.7 Å². The average Bonchev–Trinajstić information content (AvgIpc) is 3.18. The summed E-state index contributed by atoms with van der Waals surface area (Å²) in [5.74, 6) is -0.731. The van der Waals surface area contributed by atoms with Crippen LogP contribution in [0.4, 0.5) is 17.6 Å². The number of esters is 1. The van der Waals surface area contributed by atoms with Crippen LogP contribution in [-0.4, -0.2) is 47.6 Å². The first-order valence-electron chi connectivity index (χ1n) is 11.3. The van der Waals surface area contributed by atoms with E-state index in [0.717, 1.165) is 12.1 Å². The first-order chi connectivity index (χ1) is 15.8. The molecule has 0 bridgehead atoms. The Bertz CT molecular complexity index is 934. The number of likely N-dealkylation sites (tertiary alicyclic amines) is 1. The summed E-state index contributed by atoms with van der Waals surface area (Å²) in [6, 6.07) is 5.72. The van der Waals surface area contributed by atoms with Gasteiger partial charge in [0.1, 0.15) is 18.8 Å². The minimum absolute atomic E-state index is 0.0174. The Labute approximate surface area is 196 Å². The highest BCUT2D eigenvalue weighted by Gasteiger charge is 2.44. The van der Waals surface area contributed by atoms with Gasteiger partial charge in [0.15, 0.2) is 0 Å². The zero-order valence-corrected chi connectivity index (χ0v) is 19.3. The van der Waals surface area contributed by atoms with Crippen LogP contribution in [0.25, 0.3) is 0 Å². The summed E-state index contributed by atoms with van der Waals surface area (Å²) in [5, 5.41) is 12.3. The van der Waals surface area contributed by atoms with Gasteiger partial charge in [-0.2, -0.15) is 18.4 Å². The summed E-state index contributed by atoms with van der Waals surface area (Å²) in [6.45, 7) is 3.56.